The zero-order valence-electron chi connectivity index (χ0n) is 6.95. The van der Waals surface area contributed by atoms with Crippen LogP contribution in [0.5, 0.6) is 0 Å². The lowest BCUT2D eigenvalue weighted by molar-refractivity contribution is 0.105. The van der Waals surface area contributed by atoms with Gasteiger partial charge >= 0.3 is 0 Å². The van der Waals surface area contributed by atoms with Gasteiger partial charge in [-0.1, -0.05) is 0 Å². The molecule has 3 N–H and O–H groups in total. The van der Waals surface area contributed by atoms with Crippen molar-refractivity contribution in [3.63, 3.8) is 0 Å². The zero-order chi connectivity index (χ0) is 8.97. The van der Waals surface area contributed by atoms with Crippen LogP contribution in [0.2, 0.25) is 0 Å². The van der Waals surface area contributed by atoms with Crippen molar-refractivity contribution in [2.75, 3.05) is 18.5 Å². The van der Waals surface area contributed by atoms with Crippen LogP contribution < -0.4 is 5.32 Å². The molecule has 12 heavy (non-hydrogen) atoms. The van der Waals surface area contributed by atoms with E-state index >= 15 is 0 Å². The molecule has 1 rings (SSSR count). The van der Waals surface area contributed by atoms with Crippen LogP contribution in [-0.4, -0.2) is 29.5 Å². The molecular formula is C8H13NO3. The third kappa shape index (κ3) is 2.56. The molecule has 0 aliphatic heterocycles. The monoisotopic (exact) mass is 171 g/mol. The summed E-state index contributed by atoms with van der Waals surface area (Å²) in [7, 11) is 0. The Bertz CT molecular complexity index is 234. The van der Waals surface area contributed by atoms with Gasteiger partial charge in [0.05, 0.1) is 12.7 Å². The molecule has 68 valence electrons. The smallest absolute Gasteiger partial charge is 0.193 e. The summed E-state index contributed by atoms with van der Waals surface area (Å²) < 4.78 is 5.17. The normalized spacial score (nSPS) is 12.9. The van der Waals surface area contributed by atoms with Crippen LogP contribution in [0.1, 0.15) is 5.76 Å². The van der Waals surface area contributed by atoms with E-state index in [0.717, 1.165) is 5.76 Å². The maximum atomic E-state index is 8.97. The maximum absolute atomic E-state index is 8.97. The number of aliphatic hydroxyl groups excluding tert-OH is 2. The molecule has 4 heteroatoms. The van der Waals surface area contributed by atoms with E-state index in [-0.39, 0.29) is 6.61 Å². The molecule has 0 saturated carbocycles. The summed E-state index contributed by atoms with van der Waals surface area (Å²) in [5.74, 6) is 1.43. The fourth-order valence-corrected chi connectivity index (χ4v) is 0.812. The highest BCUT2D eigenvalue weighted by molar-refractivity contribution is 5.31. The van der Waals surface area contributed by atoms with Crippen LogP contribution in [0.25, 0.3) is 0 Å². The van der Waals surface area contributed by atoms with Crippen molar-refractivity contribution in [2.24, 2.45) is 0 Å². The van der Waals surface area contributed by atoms with E-state index in [4.69, 9.17) is 14.6 Å². The van der Waals surface area contributed by atoms with Crippen LogP contribution in [-0.2, 0) is 0 Å². The molecule has 1 unspecified atom stereocenters. The van der Waals surface area contributed by atoms with Crippen LogP contribution >= 0.6 is 0 Å². The van der Waals surface area contributed by atoms with Crippen molar-refractivity contribution in [1.82, 2.24) is 0 Å². The molecule has 4 nitrogen and oxygen atoms in total. The number of aryl methyl sites for hydroxylation is 1. The number of furan rings is 1. The molecule has 1 aromatic heterocycles. The van der Waals surface area contributed by atoms with Crippen LogP contribution in [0.4, 0.5) is 5.88 Å². The topological polar surface area (TPSA) is 65.6 Å². The summed E-state index contributed by atoms with van der Waals surface area (Å²) in [6.07, 6.45) is -0.740. The third-order valence-corrected chi connectivity index (χ3v) is 1.46. The molecule has 0 bridgehead atoms. The minimum atomic E-state index is -0.740. The largest absolute Gasteiger partial charge is 0.446 e. The minimum Gasteiger partial charge on any atom is -0.446 e. The SMILES string of the molecule is Cc1ccc(NCC(O)CO)o1. The summed E-state index contributed by atoms with van der Waals surface area (Å²) in [6.45, 7) is 1.89. The van der Waals surface area contributed by atoms with Gasteiger partial charge in [-0.3, -0.25) is 0 Å². The van der Waals surface area contributed by atoms with E-state index in [0.29, 0.717) is 12.4 Å². The Hall–Kier alpha value is -1.00. The van der Waals surface area contributed by atoms with E-state index in [1.54, 1.807) is 6.07 Å². The van der Waals surface area contributed by atoms with Gasteiger partial charge in [0.1, 0.15) is 5.76 Å². The van der Waals surface area contributed by atoms with Crippen molar-refractivity contribution < 1.29 is 14.6 Å². The Kier molecular flexibility index (Phi) is 3.13. The van der Waals surface area contributed by atoms with Crippen molar-refractivity contribution in [3.05, 3.63) is 17.9 Å². The van der Waals surface area contributed by atoms with Crippen molar-refractivity contribution >= 4 is 5.88 Å². The number of hydrogen-bond acceptors (Lipinski definition) is 4. The first-order chi connectivity index (χ1) is 5.72. The van der Waals surface area contributed by atoms with E-state index in [9.17, 15) is 0 Å². The van der Waals surface area contributed by atoms with Crippen LogP contribution in [0.3, 0.4) is 0 Å². The van der Waals surface area contributed by atoms with Gasteiger partial charge in [0.25, 0.3) is 0 Å². The molecule has 0 aliphatic rings. The highest BCUT2D eigenvalue weighted by Gasteiger charge is 2.02. The molecule has 0 saturated heterocycles. The van der Waals surface area contributed by atoms with Gasteiger partial charge < -0.3 is 19.9 Å². The lowest BCUT2D eigenvalue weighted by atomic mass is 10.4. The lowest BCUT2D eigenvalue weighted by Gasteiger charge is -2.06. The maximum Gasteiger partial charge on any atom is 0.193 e. The molecule has 1 aromatic rings. The molecule has 1 atom stereocenters. The predicted molar refractivity (Wildman–Crippen MR) is 45.0 cm³/mol. The first-order valence-corrected chi connectivity index (χ1v) is 3.81. The molecule has 0 fully saturated rings. The first-order valence-electron chi connectivity index (χ1n) is 3.81. The Morgan fingerprint density at radius 1 is 1.58 bits per heavy atom. The lowest BCUT2D eigenvalue weighted by Crippen LogP contribution is -2.22. The molecule has 0 aliphatic carbocycles. The Balaban J connectivity index is 2.33. The number of hydrogen-bond donors (Lipinski definition) is 3. The van der Waals surface area contributed by atoms with Crippen molar-refractivity contribution in [3.8, 4) is 0 Å². The molecule has 0 radical (unpaired) electrons. The quantitative estimate of drug-likeness (QED) is 0.611. The van der Waals surface area contributed by atoms with Crippen molar-refractivity contribution in [2.45, 2.75) is 13.0 Å². The minimum absolute atomic E-state index is 0.243. The second kappa shape index (κ2) is 4.13. The number of anilines is 1. The Morgan fingerprint density at radius 3 is 2.83 bits per heavy atom. The fourth-order valence-electron chi connectivity index (χ4n) is 0.812. The number of aliphatic hydroxyl groups is 2. The van der Waals surface area contributed by atoms with Crippen LogP contribution in [0, 0.1) is 6.92 Å². The summed E-state index contributed by atoms with van der Waals surface area (Å²) in [5, 5.41) is 20.3. The molecular weight excluding hydrogens is 158 g/mol. The second-order valence-corrected chi connectivity index (χ2v) is 2.63. The molecule has 0 aromatic carbocycles. The average molecular weight is 171 g/mol. The summed E-state index contributed by atoms with van der Waals surface area (Å²) >= 11 is 0. The van der Waals surface area contributed by atoms with Crippen molar-refractivity contribution in [1.29, 1.82) is 0 Å². The van der Waals surface area contributed by atoms with E-state index in [2.05, 4.69) is 5.32 Å². The van der Waals surface area contributed by atoms with Gasteiger partial charge in [0.2, 0.25) is 0 Å². The Labute approximate surface area is 70.8 Å². The Morgan fingerprint density at radius 2 is 2.33 bits per heavy atom. The molecule has 0 amide bonds. The average Bonchev–Trinajstić information content (AvgIpc) is 2.47. The highest BCUT2D eigenvalue weighted by Crippen LogP contribution is 2.11. The van der Waals surface area contributed by atoms with Gasteiger partial charge in [0, 0.05) is 12.6 Å². The summed E-state index contributed by atoms with van der Waals surface area (Å²) in [4.78, 5) is 0. The van der Waals surface area contributed by atoms with E-state index in [1.807, 2.05) is 13.0 Å². The standard InChI is InChI=1S/C8H13NO3/c1-6-2-3-8(12-6)9-4-7(11)5-10/h2-3,7,9-11H,4-5H2,1H3. The highest BCUT2D eigenvalue weighted by atomic mass is 16.4. The zero-order valence-corrected chi connectivity index (χ0v) is 6.95. The van der Waals surface area contributed by atoms with Gasteiger partial charge in [-0.05, 0) is 13.0 Å². The van der Waals surface area contributed by atoms with Gasteiger partial charge in [-0.15, -0.1) is 0 Å². The van der Waals surface area contributed by atoms with Gasteiger partial charge in [-0.25, -0.2) is 0 Å². The van der Waals surface area contributed by atoms with Gasteiger partial charge in [0.15, 0.2) is 5.88 Å². The fraction of sp³-hybridized carbons (Fsp3) is 0.500. The van der Waals surface area contributed by atoms with E-state index in [1.165, 1.54) is 0 Å². The van der Waals surface area contributed by atoms with E-state index < -0.39 is 6.10 Å². The summed E-state index contributed by atoms with van der Waals surface area (Å²) in [6, 6.07) is 3.60. The predicted octanol–water partition coefficient (Wildman–Crippen LogP) is 0.353. The molecule has 1 heterocycles. The second-order valence-electron chi connectivity index (χ2n) is 2.63. The molecule has 0 spiro atoms. The van der Waals surface area contributed by atoms with Crippen LogP contribution in [0.15, 0.2) is 16.5 Å². The van der Waals surface area contributed by atoms with Gasteiger partial charge in [-0.2, -0.15) is 0 Å². The summed E-state index contributed by atoms with van der Waals surface area (Å²) in [5.41, 5.74) is 0. The number of rotatable bonds is 4. The third-order valence-electron chi connectivity index (χ3n) is 1.46. The first kappa shape index (κ1) is 9.09. The number of nitrogens with one attached hydrogen (secondary N) is 1.